The molecule has 21 heavy (non-hydrogen) atoms. The minimum Gasteiger partial charge on any atom is -0.260 e. The first kappa shape index (κ1) is 15.2. The third-order valence-electron chi connectivity index (χ3n) is 2.67. The Balaban J connectivity index is 2.21. The molecule has 0 radical (unpaired) electrons. The average Bonchev–Trinajstić information content (AvgIpc) is 2.40. The van der Waals surface area contributed by atoms with E-state index in [2.05, 4.69) is 25.7 Å². The van der Waals surface area contributed by atoms with Gasteiger partial charge in [-0.25, -0.2) is 9.89 Å². The Morgan fingerprint density at radius 2 is 1.95 bits per heavy atom. The lowest BCUT2D eigenvalue weighted by atomic mass is 9.92. The molecule has 0 spiro atoms. The second-order valence-corrected chi connectivity index (χ2v) is 5.95. The number of aromatic amines is 1. The summed E-state index contributed by atoms with van der Waals surface area (Å²) in [6.07, 6.45) is 1.62. The molecule has 0 aliphatic rings. The smallest absolute Gasteiger partial charge is 0.260 e. The number of aromatic nitrogens is 3. The van der Waals surface area contributed by atoms with E-state index in [-0.39, 0.29) is 5.41 Å². The lowest BCUT2D eigenvalue weighted by Crippen LogP contribution is -2.24. The van der Waals surface area contributed by atoms with Gasteiger partial charge in [-0.05, 0) is 17.7 Å². The fourth-order valence-electron chi connectivity index (χ4n) is 1.65. The van der Waals surface area contributed by atoms with Crippen LogP contribution in [0.15, 0.2) is 34.2 Å². The Morgan fingerprint density at radius 3 is 2.57 bits per heavy atom. The highest BCUT2D eigenvalue weighted by atomic mass is 35.5. The molecule has 0 saturated heterocycles. The van der Waals surface area contributed by atoms with Crippen LogP contribution < -0.4 is 11.1 Å². The highest BCUT2D eigenvalue weighted by molar-refractivity contribution is 6.30. The van der Waals surface area contributed by atoms with E-state index in [0.29, 0.717) is 16.5 Å². The molecule has 0 atom stereocenters. The minimum atomic E-state index is -0.521. The van der Waals surface area contributed by atoms with Crippen LogP contribution in [0.5, 0.6) is 0 Å². The second-order valence-electron chi connectivity index (χ2n) is 5.51. The van der Waals surface area contributed by atoms with Crippen molar-refractivity contribution < 1.29 is 0 Å². The molecule has 1 aromatic heterocycles. The molecule has 0 bridgehead atoms. The van der Waals surface area contributed by atoms with Crippen molar-refractivity contribution in [3.05, 3.63) is 51.0 Å². The summed E-state index contributed by atoms with van der Waals surface area (Å²) in [7, 11) is 0. The van der Waals surface area contributed by atoms with Gasteiger partial charge in [-0.15, -0.1) is 0 Å². The van der Waals surface area contributed by atoms with Crippen molar-refractivity contribution in [2.75, 3.05) is 5.43 Å². The zero-order valence-electron chi connectivity index (χ0n) is 12.0. The topological polar surface area (TPSA) is 83.0 Å². The van der Waals surface area contributed by atoms with E-state index in [1.807, 2.05) is 32.9 Å². The largest absolute Gasteiger partial charge is 0.363 e. The summed E-state index contributed by atoms with van der Waals surface area (Å²) in [5, 5.41) is 11.1. The van der Waals surface area contributed by atoms with Crippen LogP contribution in [0.4, 0.5) is 5.82 Å². The molecule has 6 nitrogen and oxygen atoms in total. The minimum absolute atomic E-state index is 0.269. The summed E-state index contributed by atoms with van der Waals surface area (Å²) in [6, 6.07) is 7.22. The van der Waals surface area contributed by atoms with Gasteiger partial charge in [0.05, 0.1) is 6.21 Å². The number of halogens is 1. The Bertz CT molecular complexity index is 701. The van der Waals surface area contributed by atoms with E-state index in [0.717, 1.165) is 5.56 Å². The maximum Gasteiger partial charge on any atom is 0.363 e. The molecular formula is C14H16ClN5O. The number of H-pyrrole nitrogens is 1. The molecule has 2 N–H and O–H groups in total. The number of hydrogen-bond acceptors (Lipinski definition) is 5. The number of nitrogens with zero attached hydrogens (tertiary/aromatic N) is 3. The molecule has 0 aliphatic carbocycles. The summed E-state index contributed by atoms with van der Waals surface area (Å²) in [4.78, 5) is 15.2. The first-order valence-electron chi connectivity index (χ1n) is 6.38. The third-order valence-corrected chi connectivity index (χ3v) is 2.92. The summed E-state index contributed by atoms with van der Waals surface area (Å²) in [6.45, 7) is 5.93. The zero-order valence-corrected chi connectivity index (χ0v) is 12.8. The van der Waals surface area contributed by atoms with E-state index in [1.165, 1.54) is 0 Å². The summed E-state index contributed by atoms with van der Waals surface area (Å²) in [5.74, 6) is 0.344. The van der Waals surface area contributed by atoms with Gasteiger partial charge in [0.15, 0.2) is 5.82 Å². The van der Waals surface area contributed by atoms with Gasteiger partial charge in [-0.3, -0.25) is 5.43 Å². The van der Waals surface area contributed by atoms with Crippen molar-refractivity contribution >= 4 is 23.6 Å². The van der Waals surface area contributed by atoms with Gasteiger partial charge in [0, 0.05) is 10.4 Å². The fourth-order valence-corrected chi connectivity index (χ4v) is 1.78. The van der Waals surface area contributed by atoms with Crippen molar-refractivity contribution in [2.24, 2.45) is 5.10 Å². The van der Waals surface area contributed by atoms with Crippen LogP contribution in [-0.4, -0.2) is 21.4 Å². The molecule has 2 aromatic rings. The van der Waals surface area contributed by atoms with Crippen molar-refractivity contribution in [3.63, 3.8) is 0 Å². The van der Waals surface area contributed by atoms with Crippen LogP contribution in [0.25, 0.3) is 0 Å². The SMILES string of the molecule is CC(C)(C)c1n[nH]c(=O)nc1N/N=C/c1ccc(Cl)cc1. The van der Waals surface area contributed by atoms with Crippen LogP contribution in [-0.2, 0) is 5.41 Å². The van der Waals surface area contributed by atoms with Crippen LogP contribution in [0.2, 0.25) is 5.02 Å². The second kappa shape index (κ2) is 6.05. The quantitative estimate of drug-likeness (QED) is 0.674. The number of rotatable bonds is 3. The molecule has 2 rings (SSSR count). The van der Waals surface area contributed by atoms with E-state index in [4.69, 9.17) is 11.6 Å². The predicted molar refractivity (Wildman–Crippen MR) is 84.0 cm³/mol. The van der Waals surface area contributed by atoms with Gasteiger partial charge in [-0.2, -0.15) is 15.2 Å². The first-order chi connectivity index (χ1) is 9.86. The molecule has 1 aromatic carbocycles. The fraction of sp³-hybridized carbons (Fsp3) is 0.286. The Hall–Kier alpha value is -2.21. The molecule has 0 unspecified atom stereocenters. The van der Waals surface area contributed by atoms with E-state index in [1.54, 1.807) is 18.3 Å². The van der Waals surface area contributed by atoms with Crippen molar-refractivity contribution in [1.29, 1.82) is 0 Å². The van der Waals surface area contributed by atoms with Crippen molar-refractivity contribution in [3.8, 4) is 0 Å². The van der Waals surface area contributed by atoms with Crippen LogP contribution in [0.3, 0.4) is 0 Å². The highest BCUT2D eigenvalue weighted by Crippen LogP contribution is 2.24. The van der Waals surface area contributed by atoms with Gasteiger partial charge < -0.3 is 0 Å². The van der Waals surface area contributed by atoms with E-state index >= 15 is 0 Å². The maximum atomic E-state index is 11.3. The number of hydrogen-bond donors (Lipinski definition) is 2. The summed E-state index contributed by atoms with van der Waals surface area (Å²) >= 11 is 5.81. The molecule has 0 amide bonds. The van der Waals surface area contributed by atoms with Crippen molar-refractivity contribution in [1.82, 2.24) is 15.2 Å². The lowest BCUT2D eigenvalue weighted by Gasteiger charge is -2.18. The summed E-state index contributed by atoms with van der Waals surface area (Å²) in [5.41, 5.74) is 3.49. The monoisotopic (exact) mass is 305 g/mol. The average molecular weight is 306 g/mol. The Morgan fingerprint density at radius 1 is 1.29 bits per heavy atom. The van der Waals surface area contributed by atoms with Gasteiger partial charge in [-0.1, -0.05) is 44.5 Å². The molecule has 0 saturated carbocycles. The van der Waals surface area contributed by atoms with Crippen molar-refractivity contribution in [2.45, 2.75) is 26.2 Å². The van der Waals surface area contributed by atoms with Crippen LogP contribution in [0.1, 0.15) is 32.0 Å². The summed E-state index contributed by atoms with van der Waals surface area (Å²) < 4.78 is 0. The van der Waals surface area contributed by atoms with Gasteiger partial charge in [0.2, 0.25) is 0 Å². The maximum absolute atomic E-state index is 11.3. The predicted octanol–water partition coefficient (Wildman–Crippen LogP) is 2.56. The normalized spacial score (nSPS) is 11.8. The molecule has 1 heterocycles. The Labute approximate surface area is 127 Å². The molecule has 0 aliphatic heterocycles. The van der Waals surface area contributed by atoms with E-state index < -0.39 is 5.69 Å². The van der Waals surface area contributed by atoms with Gasteiger partial charge in [0.25, 0.3) is 0 Å². The number of anilines is 1. The molecular weight excluding hydrogens is 290 g/mol. The molecule has 7 heteroatoms. The number of hydrazone groups is 1. The van der Waals surface area contributed by atoms with Gasteiger partial charge >= 0.3 is 5.69 Å². The zero-order chi connectivity index (χ0) is 15.5. The van der Waals surface area contributed by atoms with Crippen LogP contribution in [0, 0.1) is 0 Å². The molecule has 0 fully saturated rings. The number of nitrogens with one attached hydrogen (secondary N) is 2. The van der Waals surface area contributed by atoms with Crippen LogP contribution >= 0.6 is 11.6 Å². The standard InChI is InChI=1S/C14H16ClN5O/c1-14(2,3)11-12(17-13(21)20-18-11)19-16-8-9-4-6-10(15)7-5-9/h4-8H,1-3H3,(H2,17,19,20,21)/b16-8+. The Kier molecular flexibility index (Phi) is 4.37. The lowest BCUT2D eigenvalue weighted by molar-refractivity contribution is 0.553. The van der Waals surface area contributed by atoms with E-state index in [9.17, 15) is 4.79 Å². The molecule has 110 valence electrons. The van der Waals surface area contributed by atoms with Gasteiger partial charge in [0.1, 0.15) is 5.69 Å². The number of benzene rings is 1. The highest BCUT2D eigenvalue weighted by Gasteiger charge is 2.21. The first-order valence-corrected chi connectivity index (χ1v) is 6.76. The third kappa shape index (κ3) is 4.13.